The number of benzene rings is 1. The van der Waals surface area contributed by atoms with Gasteiger partial charge in [0.1, 0.15) is 0 Å². The van der Waals surface area contributed by atoms with Crippen LogP contribution in [0, 0.1) is 5.92 Å². The van der Waals surface area contributed by atoms with Crippen LogP contribution in [0.4, 0.5) is 0 Å². The third kappa shape index (κ3) is 3.14. The molecule has 0 bridgehead atoms. The Kier molecular flexibility index (Phi) is 4.32. The monoisotopic (exact) mass is 281 g/mol. The first-order chi connectivity index (χ1) is 10.3. The van der Waals surface area contributed by atoms with Crippen LogP contribution in [0.5, 0.6) is 0 Å². The number of aromatic nitrogens is 1. The maximum atomic E-state index is 6.30. The van der Waals surface area contributed by atoms with E-state index in [0.717, 1.165) is 25.2 Å². The number of nitrogens with two attached hydrogens (primary N) is 1. The molecular weight excluding hydrogens is 258 g/mol. The number of piperidine rings is 1. The summed E-state index contributed by atoms with van der Waals surface area (Å²) in [6.45, 7) is 4.25. The van der Waals surface area contributed by atoms with E-state index in [1.165, 1.54) is 5.56 Å². The molecule has 3 unspecified atom stereocenters. The van der Waals surface area contributed by atoms with E-state index in [2.05, 4.69) is 59.3 Å². The van der Waals surface area contributed by atoms with Gasteiger partial charge in [0.15, 0.2) is 0 Å². The molecule has 110 valence electrons. The maximum Gasteiger partial charge on any atom is 0.0776 e. The van der Waals surface area contributed by atoms with Gasteiger partial charge in [-0.05, 0) is 36.6 Å². The molecule has 1 aromatic carbocycles. The third-order valence-electron chi connectivity index (χ3n) is 4.50. The van der Waals surface area contributed by atoms with E-state index < -0.39 is 0 Å². The highest BCUT2D eigenvalue weighted by atomic mass is 15.2. The smallest absolute Gasteiger partial charge is 0.0776 e. The van der Waals surface area contributed by atoms with Crippen molar-refractivity contribution in [2.75, 3.05) is 13.1 Å². The SMILES string of the molecule is CC1CCN(C(c2ccccc2)c2ccccn2)CC1N. The van der Waals surface area contributed by atoms with Gasteiger partial charge in [-0.3, -0.25) is 9.88 Å². The summed E-state index contributed by atoms with van der Waals surface area (Å²) in [4.78, 5) is 7.07. The summed E-state index contributed by atoms with van der Waals surface area (Å²) in [7, 11) is 0. The van der Waals surface area contributed by atoms with E-state index in [1.54, 1.807) is 0 Å². The van der Waals surface area contributed by atoms with Crippen LogP contribution in [0.2, 0.25) is 0 Å². The average molecular weight is 281 g/mol. The fourth-order valence-electron chi connectivity index (χ4n) is 3.10. The van der Waals surface area contributed by atoms with Gasteiger partial charge in [-0.2, -0.15) is 0 Å². The largest absolute Gasteiger partial charge is 0.326 e. The number of hydrogen-bond donors (Lipinski definition) is 1. The second kappa shape index (κ2) is 6.37. The summed E-state index contributed by atoms with van der Waals surface area (Å²) < 4.78 is 0. The molecule has 0 spiro atoms. The van der Waals surface area contributed by atoms with Crippen molar-refractivity contribution < 1.29 is 0 Å². The molecule has 3 nitrogen and oxygen atoms in total. The summed E-state index contributed by atoms with van der Waals surface area (Å²) in [6.07, 6.45) is 3.02. The lowest BCUT2D eigenvalue weighted by Gasteiger charge is -2.40. The highest BCUT2D eigenvalue weighted by Gasteiger charge is 2.30. The van der Waals surface area contributed by atoms with Gasteiger partial charge in [-0.1, -0.05) is 43.3 Å². The van der Waals surface area contributed by atoms with Gasteiger partial charge in [-0.15, -0.1) is 0 Å². The molecule has 0 aliphatic carbocycles. The van der Waals surface area contributed by atoms with Crippen molar-refractivity contribution >= 4 is 0 Å². The molecule has 0 radical (unpaired) electrons. The van der Waals surface area contributed by atoms with Gasteiger partial charge in [0.25, 0.3) is 0 Å². The van der Waals surface area contributed by atoms with E-state index >= 15 is 0 Å². The topological polar surface area (TPSA) is 42.2 Å². The minimum atomic E-state index is 0.200. The van der Waals surface area contributed by atoms with Gasteiger partial charge < -0.3 is 5.73 Å². The highest BCUT2D eigenvalue weighted by molar-refractivity contribution is 5.28. The van der Waals surface area contributed by atoms with E-state index in [9.17, 15) is 0 Å². The van der Waals surface area contributed by atoms with Gasteiger partial charge in [0.05, 0.1) is 11.7 Å². The van der Waals surface area contributed by atoms with Crippen LogP contribution >= 0.6 is 0 Å². The molecule has 21 heavy (non-hydrogen) atoms. The summed E-state index contributed by atoms with van der Waals surface area (Å²) in [5, 5.41) is 0. The summed E-state index contributed by atoms with van der Waals surface area (Å²) in [5.41, 5.74) is 8.69. The summed E-state index contributed by atoms with van der Waals surface area (Å²) >= 11 is 0. The van der Waals surface area contributed by atoms with Crippen molar-refractivity contribution in [3.8, 4) is 0 Å². The number of likely N-dealkylation sites (tertiary alicyclic amines) is 1. The molecule has 3 rings (SSSR count). The first-order valence-electron chi connectivity index (χ1n) is 7.71. The Labute approximate surface area is 126 Å². The van der Waals surface area contributed by atoms with Crippen LogP contribution in [-0.4, -0.2) is 29.0 Å². The van der Waals surface area contributed by atoms with E-state index in [4.69, 9.17) is 5.73 Å². The number of pyridine rings is 1. The molecule has 3 atom stereocenters. The average Bonchev–Trinajstić information content (AvgIpc) is 2.53. The lowest BCUT2D eigenvalue weighted by Crippen LogP contribution is -2.49. The zero-order valence-corrected chi connectivity index (χ0v) is 12.5. The maximum absolute atomic E-state index is 6.30. The van der Waals surface area contributed by atoms with Crippen molar-refractivity contribution in [3.05, 3.63) is 66.0 Å². The summed E-state index contributed by atoms with van der Waals surface area (Å²) in [6, 6.07) is 17.2. The normalized spacial score (nSPS) is 24.7. The zero-order valence-electron chi connectivity index (χ0n) is 12.5. The Bertz CT molecular complexity index is 516. The lowest BCUT2D eigenvalue weighted by atomic mass is 9.91. The lowest BCUT2D eigenvalue weighted by molar-refractivity contribution is 0.136. The van der Waals surface area contributed by atoms with Gasteiger partial charge >= 0.3 is 0 Å². The predicted molar refractivity (Wildman–Crippen MR) is 85.9 cm³/mol. The van der Waals surface area contributed by atoms with Crippen LogP contribution in [-0.2, 0) is 0 Å². The Morgan fingerprint density at radius 2 is 1.90 bits per heavy atom. The van der Waals surface area contributed by atoms with Gasteiger partial charge in [-0.25, -0.2) is 0 Å². The fourth-order valence-corrected chi connectivity index (χ4v) is 3.10. The predicted octanol–water partition coefficient (Wildman–Crippen LogP) is 2.84. The molecule has 2 heterocycles. The minimum absolute atomic E-state index is 0.200. The number of rotatable bonds is 3. The molecule has 1 aliphatic heterocycles. The Hall–Kier alpha value is -1.71. The highest BCUT2D eigenvalue weighted by Crippen LogP contribution is 2.30. The molecule has 1 saturated heterocycles. The second-order valence-electron chi connectivity index (χ2n) is 5.99. The third-order valence-corrected chi connectivity index (χ3v) is 4.50. The molecule has 0 amide bonds. The van der Waals surface area contributed by atoms with Gasteiger partial charge in [0.2, 0.25) is 0 Å². The molecule has 0 saturated carbocycles. The Balaban J connectivity index is 1.94. The minimum Gasteiger partial charge on any atom is -0.326 e. The van der Waals surface area contributed by atoms with Crippen molar-refractivity contribution in [2.45, 2.75) is 25.4 Å². The molecule has 1 aromatic heterocycles. The van der Waals surface area contributed by atoms with Crippen LogP contribution in [0.15, 0.2) is 54.7 Å². The molecule has 2 N–H and O–H groups in total. The van der Waals surface area contributed by atoms with E-state index in [-0.39, 0.29) is 12.1 Å². The number of nitrogens with zero attached hydrogens (tertiary/aromatic N) is 2. The van der Waals surface area contributed by atoms with E-state index in [0.29, 0.717) is 5.92 Å². The fraction of sp³-hybridized carbons (Fsp3) is 0.389. The van der Waals surface area contributed by atoms with Crippen LogP contribution in [0.3, 0.4) is 0 Å². The molecule has 3 heteroatoms. The summed E-state index contributed by atoms with van der Waals surface area (Å²) in [5.74, 6) is 0.599. The second-order valence-corrected chi connectivity index (χ2v) is 5.99. The van der Waals surface area contributed by atoms with Crippen LogP contribution in [0.25, 0.3) is 0 Å². The van der Waals surface area contributed by atoms with Crippen LogP contribution in [0.1, 0.15) is 30.6 Å². The Morgan fingerprint density at radius 1 is 1.14 bits per heavy atom. The van der Waals surface area contributed by atoms with Crippen molar-refractivity contribution in [1.82, 2.24) is 9.88 Å². The quantitative estimate of drug-likeness (QED) is 0.940. The first-order valence-corrected chi connectivity index (χ1v) is 7.71. The van der Waals surface area contributed by atoms with Crippen molar-refractivity contribution in [2.24, 2.45) is 11.7 Å². The molecular formula is C18H23N3. The van der Waals surface area contributed by atoms with E-state index in [1.807, 2.05) is 12.3 Å². The van der Waals surface area contributed by atoms with Crippen molar-refractivity contribution in [3.63, 3.8) is 0 Å². The van der Waals surface area contributed by atoms with Crippen molar-refractivity contribution in [1.29, 1.82) is 0 Å². The standard InChI is InChI=1S/C18H23N3/c1-14-10-12-21(13-16(14)19)18(15-7-3-2-4-8-15)17-9-5-6-11-20-17/h2-9,11,14,16,18H,10,12-13,19H2,1H3. The molecule has 1 aliphatic rings. The van der Waals surface area contributed by atoms with Crippen LogP contribution < -0.4 is 5.73 Å². The Morgan fingerprint density at radius 3 is 2.57 bits per heavy atom. The first kappa shape index (κ1) is 14.2. The molecule has 2 aromatic rings. The molecule has 1 fully saturated rings. The number of hydrogen-bond acceptors (Lipinski definition) is 3. The zero-order chi connectivity index (χ0) is 14.7. The van der Waals surface area contributed by atoms with Gasteiger partial charge in [0, 0.05) is 18.8 Å².